The predicted molar refractivity (Wildman–Crippen MR) is 95.8 cm³/mol. The molecule has 1 aromatic heterocycles. The van der Waals surface area contributed by atoms with E-state index in [1.807, 2.05) is 24.5 Å². The van der Waals surface area contributed by atoms with Gasteiger partial charge in [0.2, 0.25) is 6.79 Å². The average Bonchev–Trinajstić information content (AvgIpc) is 3.30. The van der Waals surface area contributed by atoms with Crippen LogP contribution in [0.4, 0.5) is 0 Å². The van der Waals surface area contributed by atoms with E-state index in [9.17, 15) is 0 Å². The predicted octanol–water partition coefficient (Wildman–Crippen LogP) is 3.83. The van der Waals surface area contributed by atoms with Crippen molar-refractivity contribution in [2.24, 2.45) is 0 Å². The van der Waals surface area contributed by atoms with Crippen LogP contribution in [0.5, 0.6) is 11.5 Å². The van der Waals surface area contributed by atoms with Crippen molar-refractivity contribution in [3.05, 3.63) is 29.5 Å². The minimum atomic E-state index is -0.0681. The molecule has 0 amide bonds. The van der Waals surface area contributed by atoms with Gasteiger partial charge in [-0.05, 0) is 31.7 Å². The summed E-state index contributed by atoms with van der Waals surface area (Å²) < 4.78 is 24.9. The Morgan fingerprint density at radius 2 is 1.92 bits per heavy atom. The number of halogens is 1. The summed E-state index contributed by atoms with van der Waals surface area (Å²) in [5.74, 6) is 2.26. The van der Waals surface area contributed by atoms with E-state index in [1.165, 1.54) is 0 Å². The van der Waals surface area contributed by atoms with Gasteiger partial charge in [-0.2, -0.15) is 0 Å². The van der Waals surface area contributed by atoms with E-state index >= 15 is 0 Å². The average molecular weight is 377 g/mol. The topological polar surface area (TPSA) is 54.7 Å². The first-order valence-electron chi connectivity index (χ1n) is 9.08. The third kappa shape index (κ3) is 2.76. The highest BCUT2D eigenvalue weighted by Gasteiger charge is 2.40. The summed E-state index contributed by atoms with van der Waals surface area (Å²) in [6.07, 6.45) is 7.73. The van der Waals surface area contributed by atoms with Gasteiger partial charge in [-0.3, -0.25) is 0 Å². The van der Waals surface area contributed by atoms with Gasteiger partial charge >= 0.3 is 0 Å². The third-order valence-corrected chi connectivity index (χ3v) is 5.95. The summed E-state index contributed by atoms with van der Waals surface area (Å²) in [6, 6.07) is 4.07. The summed E-state index contributed by atoms with van der Waals surface area (Å²) in [5.41, 5.74) is 0.801. The molecule has 1 aromatic carbocycles. The molecule has 7 heteroatoms. The Hall–Kier alpha value is -1.76. The molecular weight excluding hydrogens is 356 g/mol. The van der Waals surface area contributed by atoms with E-state index < -0.39 is 0 Å². The number of imidazole rings is 1. The van der Waals surface area contributed by atoms with E-state index in [0.29, 0.717) is 22.6 Å². The number of ether oxygens (including phenoxy) is 4. The van der Waals surface area contributed by atoms with Crippen LogP contribution in [-0.2, 0) is 9.47 Å². The lowest BCUT2D eigenvalue weighted by atomic mass is 9.84. The SMILES string of the molecule is Clc1cc2c(cc1-c1nccn1C1CCOC3(CCOCC3)C1)OCO2. The molecule has 1 atom stereocenters. The summed E-state index contributed by atoms with van der Waals surface area (Å²) in [5, 5.41) is 0.620. The van der Waals surface area contributed by atoms with Crippen molar-refractivity contribution in [1.29, 1.82) is 0 Å². The number of hydrogen-bond acceptors (Lipinski definition) is 5. The Kier molecular flexibility index (Phi) is 4.07. The molecule has 0 bridgehead atoms. The lowest BCUT2D eigenvalue weighted by Gasteiger charge is -2.43. The van der Waals surface area contributed by atoms with Gasteiger partial charge in [0.05, 0.1) is 10.6 Å². The van der Waals surface area contributed by atoms with Gasteiger partial charge in [0.25, 0.3) is 0 Å². The molecule has 0 radical (unpaired) electrons. The number of rotatable bonds is 2. The lowest BCUT2D eigenvalue weighted by molar-refractivity contribution is -0.144. The molecule has 2 saturated heterocycles. The van der Waals surface area contributed by atoms with Crippen LogP contribution in [0.25, 0.3) is 11.4 Å². The molecule has 0 saturated carbocycles. The molecular formula is C19H21ClN2O4. The largest absolute Gasteiger partial charge is 0.454 e. The highest BCUT2D eigenvalue weighted by molar-refractivity contribution is 6.33. The molecule has 1 spiro atoms. The van der Waals surface area contributed by atoms with Crippen LogP contribution in [-0.4, -0.2) is 41.8 Å². The maximum absolute atomic E-state index is 6.52. The van der Waals surface area contributed by atoms with Crippen molar-refractivity contribution in [3.63, 3.8) is 0 Å². The van der Waals surface area contributed by atoms with Gasteiger partial charge < -0.3 is 23.5 Å². The Labute approximate surface area is 157 Å². The van der Waals surface area contributed by atoms with Crippen molar-refractivity contribution < 1.29 is 18.9 Å². The fourth-order valence-electron chi connectivity index (χ4n) is 4.24. The lowest BCUT2D eigenvalue weighted by Crippen LogP contribution is -2.44. The zero-order valence-corrected chi connectivity index (χ0v) is 15.2. The summed E-state index contributed by atoms with van der Waals surface area (Å²) in [4.78, 5) is 4.60. The highest BCUT2D eigenvalue weighted by Crippen LogP contribution is 2.43. The van der Waals surface area contributed by atoms with Gasteiger partial charge in [0.1, 0.15) is 5.82 Å². The molecule has 0 N–H and O–H groups in total. The van der Waals surface area contributed by atoms with E-state index in [2.05, 4.69) is 9.55 Å². The zero-order valence-electron chi connectivity index (χ0n) is 14.4. The first-order chi connectivity index (χ1) is 12.7. The van der Waals surface area contributed by atoms with Crippen LogP contribution >= 0.6 is 11.6 Å². The van der Waals surface area contributed by atoms with Crippen LogP contribution < -0.4 is 9.47 Å². The van der Waals surface area contributed by atoms with Crippen molar-refractivity contribution in [3.8, 4) is 22.9 Å². The summed E-state index contributed by atoms with van der Waals surface area (Å²) >= 11 is 6.52. The quantitative estimate of drug-likeness (QED) is 0.797. The van der Waals surface area contributed by atoms with Gasteiger partial charge in [0.15, 0.2) is 11.5 Å². The monoisotopic (exact) mass is 376 g/mol. The maximum atomic E-state index is 6.52. The standard InChI is InChI=1S/C19H21ClN2O4/c20-15-10-17-16(24-12-25-17)9-14(15)18-21-4-5-22(18)13-1-6-26-19(11-13)2-7-23-8-3-19/h4-5,9-10,13H,1-3,6-8,11-12H2. The Morgan fingerprint density at radius 3 is 2.77 bits per heavy atom. The highest BCUT2D eigenvalue weighted by atomic mass is 35.5. The van der Waals surface area contributed by atoms with E-state index in [-0.39, 0.29) is 12.4 Å². The number of aromatic nitrogens is 2. The third-order valence-electron chi connectivity index (χ3n) is 5.64. The molecule has 2 fully saturated rings. The van der Waals surface area contributed by atoms with Crippen molar-refractivity contribution in [2.45, 2.75) is 37.3 Å². The molecule has 2 aromatic rings. The van der Waals surface area contributed by atoms with Gasteiger partial charge in [0, 0.05) is 49.9 Å². The molecule has 3 aliphatic rings. The minimum Gasteiger partial charge on any atom is -0.454 e. The minimum absolute atomic E-state index is 0.0681. The molecule has 138 valence electrons. The number of nitrogens with zero attached hydrogens (tertiary/aromatic N) is 2. The number of hydrogen-bond donors (Lipinski definition) is 0. The summed E-state index contributed by atoms with van der Waals surface area (Å²) in [6.45, 7) is 2.54. The fraction of sp³-hybridized carbons (Fsp3) is 0.526. The smallest absolute Gasteiger partial charge is 0.231 e. The fourth-order valence-corrected chi connectivity index (χ4v) is 4.47. The Bertz CT molecular complexity index is 810. The molecule has 26 heavy (non-hydrogen) atoms. The van der Waals surface area contributed by atoms with Crippen molar-refractivity contribution >= 4 is 11.6 Å². The molecule has 1 unspecified atom stereocenters. The molecule has 5 rings (SSSR count). The van der Waals surface area contributed by atoms with Crippen LogP contribution in [0, 0.1) is 0 Å². The summed E-state index contributed by atoms with van der Waals surface area (Å²) in [7, 11) is 0. The van der Waals surface area contributed by atoms with Crippen LogP contribution in [0.3, 0.4) is 0 Å². The number of benzene rings is 1. The van der Waals surface area contributed by atoms with Gasteiger partial charge in [-0.25, -0.2) is 4.98 Å². The Morgan fingerprint density at radius 1 is 1.12 bits per heavy atom. The van der Waals surface area contributed by atoms with Crippen molar-refractivity contribution in [2.75, 3.05) is 26.6 Å². The molecule has 3 aliphatic heterocycles. The number of fused-ring (bicyclic) bond motifs is 1. The first-order valence-corrected chi connectivity index (χ1v) is 9.46. The van der Waals surface area contributed by atoms with Crippen LogP contribution in [0.15, 0.2) is 24.5 Å². The maximum Gasteiger partial charge on any atom is 0.231 e. The first kappa shape index (κ1) is 16.4. The van der Waals surface area contributed by atoms with E-state index in [4.69, 9.17) is 30.5 Å². The van der Waals surface area contributed by atoms with Crippen LogP contribution in [0.2, 0.25) is 5.02 Å². The van der Waals surface area contributed by atoms with Crippen LogP contribution in [0.1, 0.15) is 31.7 Å². The van der Waals surface area contributed by atoms with Crippen molar-refractivity contribution in [1.82, 2.24) is 9.55 Å². The molecule has 6 nitrogen and oxygen atoms in total. The Balaban J connectivity index is 1.48. The van der Waals surface area contributed by atoms with E-state index in [0.717, 1.165) is 56.9 Å². The van der Waals surface area contributed by atoms with Gasteiger partial charge in [-0.15, -0.1) is 0 Å². The van der Waals surface area contributed by atoms with Gasteiger partial charge in [-0.1, -0.05) is 11.6 Å². The second kappa shape index (κ2) is 6.44. The normalized spacial score (nSPS) is 24.1. The second-order valence-electron chi connectivity index (χ2n) is 7.13. The molecule has 4 heterocycles. The molecule has 0 aliphatic carbocycles. The zero-order chi connectivity index (χ0) is 17.6. The van der Waals surface area contributed by atoms with E-state index in [1.54, 1.807) is 0 Å². The second-order valence-corrected chi connectivity index (χ2v) is 7.54.